The highest BCUT2D eigenvalue weighted by molar-refractivity contribution is 6.32. The third kappa shape index (κ3) is 4.79. The van der Waals surface area contributed by atoms with Crippen molar-refractivity contribution >= 4 is 35.6 Å². The molecule has 0 atom stereocenters. The van der Waals surface area contributed by atoms with Crippen LogP contribution in [0, 0.1) is 13.8 Å². The van der Waals surface area contributed by atoms with Crippen molar-refractivity contribution < 1.29 is 27.4 Å². The monoisotopic (exact) mass is 511 g/mol. The predicted molar refractivity (Wildman–Crippen MR) is 132 cm³/mol. The first kappa shape index (κ1) is 24.2. The summed E-state index contributed by atoms with van der Waals surface area (Å²) in [5.41, 5.74) is 2.96. The van der Waals surface area contributed by atoms with E-state index < -0.39 is 18.8 Å². The highest BCUT2D eigenvalue weighted by Crippen LogP contribution is 2.26. The van der Waals surface area contributed by atoms with Gasteiger partial charge in [0.2, 0.25) is 17.9 Å². The maximum absolute atomic E-state index is 12.8. The SMILES string of the molecule is COc1ccc(C2=NC3=NC(OCC(F)(F)F)=NC4=NC(c5ccc(OC)cc5C)=NC(=N2)N34)c(C)c1. The summed E-state index contributed by atoms with van der Waals surface area (Å²) in [6.45, 7) is 2.15. The smallest absolute Gasteiger partial charge is 0.422 e. The zero-order valence-electron chi connectivity index (χ0n) is 20.2. The minimum atomic E-state index is -4.57. The molecule has 3 aliphatic heterocycles. The van der Waals surface area contributed by atoms with Crippen LogP contribution in [0.1, 0.15) is 22.3 Å². The largest absolute Gasteiger partial charge is 0.497 e. The summed E-state index contributed by atoms with van der Waals surface area (Å²) < 4.78 is 53.8. The van der Waals surface area contributed by atoms with Gasteiger partial charge in [-0.1, -0.05) is 0 Å². The van der Waals surface area contributed by atoms with Crippen LogP contribution in [-0.4, -0.2) is 67.5 Å². The molecule has 190 valence electrons. The van der Waals surface area contributed by atoms with Crippen LogP contribution < -0.4 is 9.47 Å². The van der Waals surface area contributed by atoms with Crippen molar-refractivity contribution in [3.63, 3.8) is 0 Å². The molecule has 2 aromatic carbocycles. The Labute approximate surface area is 209 Å². The fourth-order valence-electron chi connectivity index (χ4n) is 3.75. The fraction of sp³-hybridized carbons (Fsp3) is 0.250. The Morgan fingerprint density at radius 2 is 1.19 bits per heavy atom. The van der Waals surface area contributed by atoms with Gasteiger partial charge in [-0.3, -0.25) is 0 Å². The minimum Gasteiger partial charge on any atom is -0.497 e. The van der Waals surface area contributed by atoms with Gasteiger partial charge in [0.1, 0.15) is 11.5 Å². The molecule has 0 radical (unpaired) electrons. The number of aryl methyl sites for hydroxylation is 2. The van der Waals surface area contributed by atoms with E-state index >= 15 is 0 Å². The average molecular weight is 511 g/mol. The number of methoxy groups -OCH3 is 2. The summed E-state index contributed by atoms with van der Waals surface area (Å²) in [6, 6.07) is 10.2. The van der Waals surface area contributed by atoms with Crippen LogP contribution >= 0.6 is 0 Å². The number of nitrogens with zero attached hydrogens (tertiary/aromatic N) is 7. The number of alkyl halides is 3. The fourth-order valence-corrected chi connectivity index (χ4v) is 3.75. The zero-order valence-corrected chi connectivity index (χ0v) is 20.2. The van der Waals surface area contributed by atoms with E-state index in [0.29, 0.717) is 22.6 Å². The highest BCUT2D eigenvalue weighted by Gasteiger charge is 2.37. The molecule has 13 heteroatoms. The molecule has 0 amide bonds. The molecule has 3 heterocycles. The lowest BCUT2D eigenvalue weighted by atomic mass is 10.1. The van der Waals surface area contributed by atoms with E-state index in [1.807, 2.05) is 26.0 Å². The average Bonchev–Trinajstić information content (AvgIpc) is 2.86. The summed E-state index contributed by atoms with van der Waals surface area (Å²) in [5, 5.41) is 0. The molecule has 3 aliphatic rings. The molecule has 0 bridgehead atoms. The Balaban J connectivity index is 1.63. The molecule has 37 heavy (non-hydrogen) atoms. The van der Waals surface area contributed by atoms with Crippen molar-refractivity contribution in [2.45, 2.75) is 20.0 Å². The predicted octanol–water partition coefficient (Wildman–Crippen LogP) is 3.86. The quantitative estimate of drug-likeness (QED) is 0.608. The molecule has 0 fully saturated rings. The number of benzene rings is 2. The molecule has 0 saturated carbocycles. The standard InChI is InChI=1S/C24H20F3N7O3/c1-12-9-14(35-3)5-7-16(12)18-28-20-29-19(17-8-6-15(36-4)10-13(17)2)31-22-33-23(37-11-24(25,26)27)32-21(30-18)34(20)22/h5-10H,11H2,1-4H3. The molecular formula is C24H20F3N7O3. The van der Waals surface area contributed by atoms with Gasteiger partial charge >= 0.3 is 12.2 Å². The number of hydrogen-bond acceptors (Lipinski definition) is 10. The summed E-state index contributed by atoms with van der Waals surface area (Å²) in [4.78, 5) is 27.6. The molecule has 0 N–H and O–H groups in total. The van der Waals surface area contributed by atoms with Gasteiger partial charge in [0.15, 0.2) is 18.3 Å². The van der Waals surface area contributed by atoms with Crippen molar-refractivity contribution in [1.82, 2.24) is 4.90 Å². The Bertz CT molecular complexity index is 1420. The Morgan fingerprint density at radius 1 is 0.703 bits per heavy atom. The second-order valence-electron chi connectivity index (χ2n) is 8.10. The number of ether oxygens (including phenoxy) is 3. The van der Waals surface area contributed by atoms with Crippen molar-refractivity contribution in [3.8, 4) is 11.5 Å². The molecular weight excluding hydrogens is 491 g/mol. The second kappa shape index (κ2) is 9.15. The molecule has 2 aromatic rings. The van der Waals surface area contributed by atoms with Crippen LogP contribution in [-0.2, 0) is 4.74 Å². The van der Waals surface area contributed by atoms with E-state index in [0.717, 1.165) is 11.1 Å². The van der Waals surface area contributed by atoms with E-state index in [2.05, 4.69) is 30.0 Å². The zero-order chi connectivity index (χ0) is 26.3. The number of amidine groups is 3. The first-order chi connectivity index (χ1) is 17.6. The third-order valence-electron chi connectivity index (χ3n) is 5.53. The molecule has 0 aliphatic carbocycles. The minimum absolute atomic E-state index is 0.0182. The van der Waals surface area contributed by atoms with Crippen LogP contribution in [0.4, 0.5) is 13.2 Å². The lowest BCUT2D eigenvalue weighted by Crippen LogP contribution is -2.48. The Kier molecular flexibility index (Phi) is 5.97. The second-order valence-corrected chi connectivity index (χ2v) is 8.10. The maximum Gasteiger partial charge on any atom is 0.422 e. The van der Waals surface area contributed by atoms with Crippen molar-refractivity contribution in [2.24, 2.45) is 30.0 Å². The summed E-state index contributed by atoms with van der Waals surface area (Å²) in [7, 11) is 3.12. The summed E-state index contributed by atoms with van der Waals surface area (Å²) >= 11 is 0. The van der Waals surface area contributed by atoms with Gasteiger partial charge < -0.3 is 14.2 Å². The van der Waals surface area contributed by atoms with Gasteiger partial charge in [0.25, 0.3) is 0 Å². The van der Waals surface area contributed by atoms with Crippen LogP contribution in [0.5, 0.6) is 11.5 Å². The van der Waals surface area contributed by atoms with E-state index in [9.17, 15) is 13.2 Å². The normalized spacial score (nSPS) is 16.5. The lowest BCUT2D eigenvalue weighted by molar-refractivity contribution is -0.156. The van der Waals surface area contributed by atoms with Gasteiger partial charge in [-0.15, -0.1) is 0 Å². The van der Waals surface area contributed by atoms with Crippen LogP contribution in [0.25, 0.3) is 0 Å². The molecule has 5 rings (SSSR count). The van der Waals surface area contributed by atoms with Gasteiger partial charge in [-0.2, -0.15) is 43.1 Å². The Morgan fingerprint density at radius 3 is 1.65 bits per heavy atom. The first-order valence-electron chi connectivity index (χ1n) is 11.0. The van der Waals surface area contributed by atoms with Crippen molar-refractivity contribution in [1.29, 1.82) is 0 Å². The first-order valence-corrected chi connectivity index (χ1v) is 11.0. The van der Waals surface area contributed by atoms with E-state index in [1.165, 1.54) is 4.90 Å². The van der Waals surface area contributed by atoms with Gasteiger partial charge in [0.05, 0.1) is 14.2 Å². The lowest BCUT2D eigenvalue weighted by Gasteiger charge is -2.30. The van der Waals surface area contributed by atoms with Crippen molar-refractivity contribution in [3.05, 3.63) is 58.7 Å². The molecule has 10 nitrogen and oxygen atoms in total. The number of rotatable bonds is 5. The third-order valence-corrected chi connectivity index (χ3v) is 5.53. The highest BCUT2D eigenvalue weighted by atomic mass is 19.4. The maximum atomic E-state index is 12.8. The van der Waals surface area contributed by atoms with Crippen molar-refractivity contribution in [2.75, 3.05) is 20.8 Å². The molecule has 0 spiro atoms. The molecule has 0 aromatic heterocycles. The number of hydrogen-bond donors (Lipinski definition) is 0. The summed E-state index contributed by atoms with van der Waals surface area (Å²) in [6.07, 6.45) is -4.57. The van der Waals surface area contributed by atoms with Gasteiger partial charge in [-0.25, -0.2) is 4.90 Å². The van der Waals surface area contributed by atoms with Gasteiger partial charge in [-0.05, 0) is 61.4 Å². The van der Waals surface area contributed by atoms with E-state index in [-0.39, 0.29) is 29.5 Å². The molecule has 0 unspecified atom stereocenters. The molecule has 0 saturated heterocycles. The topological polar surface area (TPSA) is 105 Å². The van der Waals surface area contributed by atoms with E-state index in [1.54, 1.807) is 38.5 Å². The van der Waals surface area contributed by atoms with Gasteiger partial charge in [0, 0.05) is 11.1 Å². The number of guanidine groups is 3. The summed E-state index contributed by atoms with van der Waals surface area (Å²) in [5.74, 6) is 1.95. The van der Waals surface area contributed by atoms with Crippen LogP contribution in [0.3, 0.4) is 0 Å². The van der Waals surface area contributed by atoms with E-state index in [4.69, 9.17) is 14.2 Å². The number of aliphatic imine (C=N–C) groups is 6. The van der Waals surface area contributed by atoms with Crippen LogP contribution in [0.15, 0.2) is 66.4 Å². The van der Waals surface area contributed by atoms with Crippen LogP contribution in [0.2, 0.25) is 0 Å². The Hall–Kier alpha value is -4.55. The number of halogens is 3.